The summed E-state index contributed by atoms with van der Waals surface area (Å²) in [5, 5.41) is 5.58. The van der Waals surface area contributed by atoms with Gasteiger partial charge in [0.05, 0.1) is 19.0 Å². The molecule has 2 heterocycles. The molecule has 2 N–H and O–H groups in total. The van der Waals surface area contributed by atoms with Crippen molar-refractivity contribution in [3.8, 4) is 0 Å². The zero-order valence-corrected chi connectivity index (χ0v) is 13.4. The number of aromatic nitrogens is 2. The van der Waals surface area contributed by atoms with Crippen LogP contribution < -0.4 is 10.6 Å². The van der Waals surface area contributed by atoms with Gasteiger partial charge in [-0.25, -0.2) is 14.2 Å². The standard InChI is InChI=1S/C17H21FN4O2/c18-16-4-3-13(8-14(16)11-22-6-5-19-12-22)9-20-17(23)21-10-15-2-1-7-24-15/h3-6,8,12,15H,1-2,7,9-11H2,(H2,20,21,23)/t15-/m1/s1. The van der Waals surface area contributed by atoms with Crippen molar-refractivity contribution in [1.82, 2.24) is 20.2 Å². The number of urea groups is 1. The highest BCUT2D eigenvalue weighted by Gasteiger charge is 2.16. The molecule has 0 bridgehead atoms. The second kappa shape index (κ2) is 7.92. The molecule has 1 fully saturated rings. The van der Waals surface area contributed by atoms with Crippen LogP contribution in [0.2, 0.25) is 0 Å². The Labute approximate surface area is 140 Å². The summed E-state index contributed by atoms with van der Waals surface area (Å²) in [4.78, 5) is 15.8. The zero-order chi connectivity index (χ0) is 16.8. The molecule has 2 aromatic rings. The van der Waals surface area contributed by atoms with Gasteiger partial charge in [0, 0.05) is 37.7 Å². The molecule has 1 aliphatic rings. The van der Waals surface area contributed by atoms with Crippen molar-refractivity contribution in [2.75, 3.05) is 13.2 Å². The smallest absolute Gasteiger partial charge is 0.315 e. The van der Waals surface area contributed by atoms with Crippen LogP contribution >= 0.6 is 0 Å². The van der Waals surface area contributed by atoms with Crippen LogP contribution in [0, 0.1) is 5.82 Å². The number of carbonyl (C=O) groups is 1. The Morgan fingerprint density at radius 2 is 2.33 bits per heavy atom. The lowest BCUT2D eigenvalue weighted by atomic mass is 10.1. The molecular weight excluding hydrogens is 311 g/mol. The maximum atomic E-state index is 13.9. The molecule has 0 radical (unpaired) electrons. The van der Waals surface area contributed by atoms with Gasteiger partial charge in [0.15, 0.2) is 0 Å². The van der Waals surface area contributed by atoms with E-state index in [2.05, 4.69) is 15.6 Å². The van der Waals surface area contributed by atoms with Crippen molar-refractivity contribution in [3.63, 3.8) is 0 Å². The topological polar surface area (TPSA) is 68.2 Å². The van der Waals surface area contributed by atoms with Crippen molar-refractivity contribution in [2.45, 2.75) is 32.0 Å². The number of imidazole rings is 1. The van der Waals surface area contributed by atoms with Crippen LogP contribution in [0.4, 0.5) is 9.18 Å². The van der Waals surface area contributed by atoms with Gasteiger partial charge in [-0.1, -0.05) is 6.07 Å². The molecule has 7 heteroatoms. The Kier molecular flexibility index (Phi) is 5.43. The summed E-state index contributed by atoms with van der Waals surface area (Å²) < 4.78 is 21.2. The molecule has 1 aromatic carbocycles. The van der Waals surface area contributed by atoms with Crippen LogP contribution in [-0.4, -0.2) is 34.8 Å². The summed E-state index contributed by atoms with van der Waals surface area (Å²) in [6.45, 7) is 2.03. The number of benzene rings is 1. The van der Waals surface area contributed by atoms with E-state index in [0.29, 0.717) is 25.2 Å². The van der Waals surface area contributed by atoms with Gasteiger partial charge in [-0.15, -0.1) is 0 Å². The lowest BCUT2D eigenvalue weighted by Crippen LogP contribution is -2.39. The fraction of sp³-hybridized carbons (Fsp3) is 0.412. The van der Waals surface area contributed by atoms with Crippen LogP contribution in [0.5, 0.6) is 0 Å². The van der Waals surface area contributed by atoms with Gasteiger partial charge in [-0.2, -0.15) is 0 Å². The predicted octanol–water partition coefficient (Wildman–Crippen LogP) is 2.05. The number of carbonyl (C=O) groups excluding carboxylic acids is 1. The molecule has 1 aromatic heterocycles. The number of nitrogens with zero attached hydrogens (tertiary/aromatic N) is 2. The molecule has 2 amide bonds. The second-order valence-electron chi connectivity index (χ2n) is 5.86. The second-order valence-corrected chi connectivity index (χ2v) is 5.86. The number of nitrogens with one attached hydrogen (secondary N) is 2. The molecule has 1 saturated heterocycles. The van der Waals surface area contributed by atoms with Gasteiger partial charge in [-0.05, 0) is 30.5 Å². The number of rotatable bonds is 6. The van der Waals surface area contributed by atoms with Crippen LogP contribution in [0.25, 0.3) is 0 Å². The first-order chi connectivity index (χ1) is 11.7. The third-order valence-electron chi connectivity index (χ3n) is 3.99. The van der Waals surface area contributed by atoms with Gasteiger partial charge >= 0.3 is 6.03 Å². The van der Waals surface area contributed by atoms with Gasteiger partial charge < -0.3 is 19.9 Å². The third-order valence-corrected chi connectivity index (χ3v) is 3.99. The van der Waals surface area contributed by atoms with Crippen LogP contribution in [0.15, 0.2) is 36.9 Å². The first kappa shape index (κ1) is 16.4. The van der Waals surface area contributed by atoms with Crippen molar-refractivity contribution in [3.05, 3.63) is 53.9 Å². The molecule has 6 nitrogen and oxygen atoms in total. The molecule has 0 aliphatic carbocycles. The minimum Gasteiger partial charge on any atom is -0.376 e. The van der Waals surface area contributed by atoms with Crippen molar-refractivity contribution < 1.29 is 13.9 Å². The maximum absolute atomic E-state index is 13.9. The normalized spacial score (nSPS) is 17.0. The van der Waals surface area contributed by atoms with Gasteiger partial charge in [0.1, 0.15) is 5.82 Å². The number of amides is 2. The van der Waals surface area contributed by atoms with Crippen LogP contribution in [-0.2, 0) is 17.8 Å². The largest absolute Gasteiger partial charge is 0.376 e. The zero-order valence-electron chi connectivity index (χ0n) is 13.4. The highest BCUT2D eigenvalue weighted by Crippen LogP contribution is 2.13. The van der Waals surface area contributed by atoms with E-state index in [9.17, 15) is 9.18 Å². The lowest BCUT2D eigenvalue weighted by Gasteiger charge is -2.12. The molecule has 0 unspecified atom stereocenters. The minimum atomic E-state index is -0.268. The summed E-state index contributed by atoms with van der Waals surface area (Å²) in [7, 11) is 0. The highest BCUT2D eigenvalue weighted by molar-refractivity contribution is 5.73. The Bertz CT molecular complexity index is 669. The molecule has 1 aliphatic heterocycles. The number of halogens is 1. The van der Waals surface area contributed by atoms with Gasteiger partial charge in [-0.3, -0.25) is 0 Å². The molecule has 24 heavy (non-hydrogen) atoms. The molecular formula is C17H21FN4O2. The monoisotopic (exact) mass is 332 g/mol. The first-order valence-electron chi connectivity index (χ1n) is 8.07. The van der Waals surface area contributed by atoms with E-state index in [4.69, 9.17) is 4.74 Å². The van der Waals surface area contributed by atoms with E-state index in [1.165, 1.54) is 6.07 Å². The number of hydrogen-bond donors (Lipinski definition) is 2. The summed E-state index contributed by atoms with van der Waals surface area (Å²) in [6.07, 6.45) is 7.22. The molecule has 128 valence electrons. The Hall–Kier alpha value is -2.41. The van der Waals surface area contributed by atoms with E-state index in [1.54, 1.807) is 35.4 Å². The van der Waals surface area contributed by atoms with E-state index < -0.39 is 0 Å². The third kappa shape index (κ3) is 4.55. The van der Waals surface area contributed by atoms with Crippen molar-refractivity contribution in [2.24, 2.45) is 0 Å². The number of hydrogen-bond acceptors (Lipinski definition) is 3. The lowest BCUT2D eigenvalue weighted by molar-refractivity contribution is 0.111. The highest BCUT2D eigenvalue weighted by atomic mass is 19.1. The van der Waals surface area contributed by atoms with Crippen molar-refractivity contribution >= 4 is 6.03 Å². The van der Waals surface area contributed by atoms with E-state index in [0.717, 1.165) is 25.0 Å². The van der Waals surface area contributed by atoms with Crippen LogP contribution in [0.3, 0.4) is 0 Å². The number of ether oxygens (including phenoxy) is 1. The van der Waals surface area contributed by atoms with E-state index in [1.807, 2.05) is 0 Å². The summed E-state index contributed by atoms with van der Waals surface area (Å²) in [5.74, 6) is -0.268. The fourth-order valence-electron chi connectivity index (χ4n) is 2.69. The molecule has 3 rings (SSSR count). The Balaban J connectivity index is 1.50. The van der Waals surface area contributed by atoms with E-state index in [-0.39, 0.29) is 18.0 Å². The Morgan fingerprint density at radius 3 is 3.08 bits per heavy atom. The molecule has 0 spiro atoms. The molecule has 0 saturated carbocycles. The SMILES string of the molecule is O=C(NCc1ccc(F)c(Cn2ccnc2)c1)NC[C@H]1CCCO1. The summed E-state index contributed by atoms with van der Waals surface area (Å²) in [5.41, 5.74) is 1.41. The average molecular weight is 332 g/mol. The molecule has 1 atom stereocenters. The van der Waals surface area contributed by atoms with Crippen molar-refractivity contribution in [1.29, 1.82) is 0 Å². The Morgan fingerprint density at radius 1 is 1.42 bits per heavy atom. The predicted molar refractivity (Wildman–Crippen MR) is 86.9 cm³/mol. The quantitative estimate of drug-likeness (QED) is 0.851. The minimum absolute atomic E-state index is 0.114. The maximum Gasteiger partial charge on any atom is 0.315 e. The average Bonchev–Trinajstić information content (AvgIpc) is 3.27. The van der Waals surface area contributed by atoms with Gasteiger partial charge in [0.2, 0.25) is 0 Å². The van der Waals surface area contributed by atoms with E-state index >= 15 is 0 Å². The fourth-order valence-corrected chi connectivity index (χ4v) is 2.69. The van der Waals surface area contributed by atoms with Gasteiger partial charge in [0.25, 0.3) is 0 Å². The summed E-state index contributed by atoms with van der Waals surface area (Å²) in [6, 6.07) is 4.61. The first-order valence-corrected chi connectivity index (χ1v) is 8.07. The summed E-state index contributed by atoms with van der Waals surface area (Å²) >= 11 is 0. The van der Waals surface area contributed by atoms with Crippen LogP contribution in [0.1, 0.15) is 24.0 Å².